The quantitative estimate of drug-likeness (QED) is 0.577. The second-order valence-corrected chi connectivity index (χ2v) is 6.93. The number of hydrogen-bond acceptors (Lipinski definition) is 7. The number of hydrogen-bond donors (Lipinski definition) is 0. The van der Waals surface area contributed by atoms with Crippen LogP contribution in [0.5, 0.6) is 17.2 Å². The van der Waals surface area contributed by atoms with Crippen molar-refractivity contribution in [1.82, 2.24) is 9.55 Å². The molecule has 8 nitrogen and oxygen atoms in total. The van der Waals surface area contributed by atoms with Crippen LogP contribution in [-0.2, 0) is 24.3 Å². The lowest BCUT2D eigenvalue weighted by Gasteiger charge is -2.14. The zero-order valence-electron chi connectivity index (χ0n) is 17.1. The first-order valence-electron chi connectivity index (χ1n) is 9.55. The Bertz CT molecular complexity index is 1160. The molecule has 8 heteroatoms. The molecule has 2 heterocycles. The van der Waals surface area contributed by atoms with Gasteiger partial charge in [-0.15, -0.1) is 0 Å². The number of methoxy groups -OCH3 is 3. The zero-order chi connectivity index (χ0) is 21.3. The van der Waals surface area contributed by atoms with Gasteiger partial charge >= 0.3 is 5.97 Å². The molecule has 30 heavy (non-hydrogen) atoms. The predicted octanol–water partition coefficient (Wildman–Crippen LogP) is 2.73. The Hall–Kier alpha value is -3.55. The maximum absolute atomic E-state index is 12.6. The second-order valence-electron chi connectivity index (χ2n) is 6.93. The number of esters is 1. The zero-order valence-corrected chi connectivity index (χ0v) is 17.1. The van der Waals surface area contributed by atoms with Crippen LogP contribution >= 0.6 is 0 Å². The van der Waals surface area contributed by atoms with Crippen LogP contribution in [0, 0.1) is 0 Å². The molecule has 0 atom stereocenters. The number of aryl methyl sites for hydroxylation is 1. The smallest absolute Gasteiger partial charge is 0.338 e. The normalized spacial score (nSPS) is 12.5. The molecule has 2 aromatic carbocycles. The van der Waals surface area contributed by atoms with Crippen LogP contribution in [0.15, 0.2) is 35.1 Å². The van der Waals surface area contributed by atoms with Crippen molar-refractivity contribution in [3.8, 4) is 17.2 Å². The molecule has 0 N–H and O–H groups in total. The van der Waals surface area contributed by atoms with E-state index in [0.717, 1.165) is 18.7 Å². The van der Waals surface area contributed by atoms with E-state index >= 15 is 0 Å². The fraction of sp³-hybridized carbons (Fsp3) is 0.318. The van der Waals surface area contributed by atoms with Crippen LogP contribution in [0.4, 0.5) is 0 Å². The molecule has 1 aliphatic rings. The molecule has 0 spiro atoms. The largest absolute Gasteiger partial charge is 0.493 e. The second kappa shape index (κ2) is 8.06. The van der Waals surface area contributed by atoms with Gasteiger partial charge in [-0.25, -0.2) is 9.78 Å². The van der Waals surface area contributed by atoms with Crippen molar-refractivity contribution in [2.24, 2.45) is 0 Å². The van der Waals surface area contributed by atoms with Gasteiger partial charge in [-0.3, -0.25) is 9.36 Å². The summed E-state index contributed by atoms with van der Waals surface area (Å²) < 4.78 is 23.1. The summed E-state index contributed by atoms with van der Waals surface area (Å²) in [6.45, 7) is 0.712. The summed E-state index contributed by atoms with van der Waals surface area (Å²) in [5.74, 6) is 1.68. The van der Waals surface area contributed by atoms with E-state index < -0.39 is 5.97 Å². The van der Waals surface area contributed by atoms with Crippen LogP contribution in [0.3, 0.4) is 0 Å². The summed E-state index contributed by atoms with van der Waals surface area (Å²) in [6.07, 6.45) is 1.67. The first-order chi connectivity index (χ1) is 14.5. The highest BCUT2D eigenvalue weighted by atomic mass is 16.5. The first-order valence-corrected chi connectivity index (χ1v) is 9.55. The Kier molecular flexibility index (Phi) is 5.31. The molecule has 1 aliphatic heterocycles. The minimum atomic E-state index is -0.506. The van der Waals surface area contributed by atoms with Crippen molar-refractivity contribution < 1.29 is 23.7 Å². The van der Waals surface area contributed by atoms with Gasteiger partial charge in [0.2, 0.25) is 5.75 Å². The molecule has 0 amide bonds. The third kappa shape index (κ3) is 3.45. The Balaban J connectivity index is 1.57. The van der Waals surface area contributed by atoms with Gasteiger partial charge in [0, 0.05) is 13.0 Å². The SMILES string of the molecule is COc1cc(COC(=O)c2ccc3c(=O)n4c(nc3c2)CCC4)cc(OC)c1OC. The highest BCUT2D eigenvalue weighted by Gasteiger charge is 2.18. The van der Waals surface area contributed by atoms with Gasteiger partial charge in [-0.2, -0.15) is 0 Å². The van der Waals surface area contributed by atoms with E-state index in [4.69, 9.17) is 18.9 Å². The Morgan fingerprint density at radius 2 is 1.80 bits per heavy atom. The average Bonchev–Trinajstić information content (AvgIpc) is 3.25. The summed E-state index contributed by atoms with van der Waals surface area (Å²) >= 11 is 0. The van der Waals surface area contributed by atoms with E-state index in [1.54, 1.807) is 34.9 Å². The molecule has 1 aromatic heterocycles. The maximum Gasteiger partial charge on any atom is 0.338 e. The van der Waals surface area contributed by atoms with Gasteiger partial charge in [0.15, 0.2) is 11.5 Å². The summed E-state index contributed by atoms with van der Waals surface area (Å²) in [7, 11) is 4.57. The van der Waals surface area contributed by atoms with Gasteiger partial charge < -0.3 is 18.9 Å². The molecule has 0 radical (unpaired) electrons. The number of aromatic nitrogens is 2. The summed E-state index contributed by atoms with van der Waals surface area (Å²) in [4.78, 5) is 29.7. The van der Waals surface area contributed by atoms with Crippen molar-refractivity contribution in [3.63, 3.8) is 0 Å². The van der Waals surface area contributed by atoms with E-state index in [2.05, 4.69) is 4.98 Å². The van der Waals surface area contributed by atoms with Crippen LogP contribution in [-0.4, -0.2) is 36.8 Å². The van der Waals surface area contributed by atoms with Gasteiger partial charge in [0.1, 0.15) is 12.4 Å². The molecule has 0 saturated carbocycles. The monoisotopic (exact) mass is 410 g/mol. The number of ether oxygens (including phenoxy) is 4. The molecule has 0 unspecified atom stereocenters. The predicted molar refractivity (Wildman–Crippen MR) is 110 cm³/mol. The van der Waals surface area contributed by atoms with Crippen molar-refractivity contribution in [3.05, 3.63) is 57.6 Å². The fourth-order valence-electron chi connectivity index (χ4n) is 3.66. The number of nitrogens with zero attached hydrogens (tertiary/aromatic N) is 2. The van der Waals surface area contributed by atoms with Gasteiger partial charge in [0.05, 0.1) is 37.8 Å². The van der Waals surface area contributed by atoms with Gasteiger partial charge in [-0.05, 0) is 42.3 Å². The van der Waals surface area contributed by atoms with E-state index in [-0.39, 0.29) is 12.2 Å². The van der Waals surface area contributed by atoms with Crippen molar-refractivity contribution in [2.75, 3.05) is 21.3 Å². The lowest BCUT2D eigenvalue weighted by atomic mass is 10.1. The summed E-state index contributed by atoms with van der Waals surface area (Å²) in [5.41, 5.74) is 1.47. The van der Waals surface area contributed by atoms with Crippen molar-refractivity contribution in [1.29, 1.82) is 0 Å². The van der Waals surface area contributed by atoms with Crippen LogP contribution < -0.4 is 19.8 Å². The lowest BCUT2D eigenvalue weighted by molar-refractivity contribution is 0.0472. The molecule has 0 aliphatic carbocycles. The van der Waals surface area contributed by atoms with Gasteiger partial charge in [0.25, 0.3) is 5.56 Å². The highest BCUT2D eigenvalue weighted by Crippen LogP contribution is 2.38. The Labute approximate surface area is 173 Å². The first kappa shape index (κ1) is 19.8. The molecule has 0 bridgehead atoms. The number of carbonyl (C=O) groups is 1. The van der Waals surface area contributed by atoms with Gasteiger partial charge in [-0.1, -0.05) is 0 Å². The summed E-state index contributed by atoms with van der Waals surface area (Å²) in [6, 6.07) is 8.27. The molecule has 0 saturated heterocycles. The maximum atomic E-state index is 12.6. The Morgan fingerprint density at radius 3 is 2.47 bits per heavy atom. The molecule has 156 valence electrons. The minimum Gasteiger partial charge on any atom is -0.493 e. The minimum absolute atomic E-state index is 0.0217. The van der Waals surface area contributed by atoms with E-state index in [1.807, 2.05) is 0 Å². The van der Waals surface area contributed by atoms with E-state index in [1.165, 1.54) is 21.3 Å². The molecule has 4 rings (SSSR count). The van der Waals surface area contributed by atoms with Crippen molar-refractivity contribution in [2.45, 2.75) is 26.0 Å². The van der Waals surface area contributed by atoms with Crippen LogP contribution in [0.2, 0.25) is 0 Å². The third-order valence-corrected chi connectivity index (χ3v) is 5.15. The standard InChI is InChI=1S/C22H22N2O6/c1-27-17-9-13(10-18(28-2)20(17)29-3)12-30-22(26)14-6-7-15-16(11-14)23-19-5-4-8-24(19)21(15)25/h6-7,9-11H,4-5,8,12H2,1-3H3. The van der Waals surface area contributed by atoms with E-state index in [0.29, 0.717) is 45.8 Å². The molecule has 0 fully saturated rings. The lowest BCUT2D eigenvalue weighted by Crippen LogP contribution is -2.21. The van der Waals surface area contributed by atoms with E-state index in [9.17, 15) is 9.59 Å². The van der Waals surface area contributed by atoms with Crippen molar-refractivity contribution >= 4 is 16.9 Å². The van der Waals surface area contributed by atoms with Crippen LogP contribution in [0.25, 0.3) is 10.9 Å². The number of fused-ring (bicyclic) bond motifs is 2. The van der Waals surface area contributed by atoms with Crippen LogP contribution in [0.1, 0.15) is 28.2 Å². The highest BCUT2D eigenvalue weighted by molar-refractivity contribution is 5.94. The average molecular weight is 410 g/mol. The fourth-order valence-corrected chi connectivity index (χ4v) is 3.66. The molecular formula is C22H22N2O6. The number of carbonyl (C=O) groups excluding carboxylic acids is 1. The topological polar surface area (TPSA) is 88.9 Å². The molecular weight excluding hydrogens is 388 g/mol. The molecule has 3 aromatic rings. The third-order valence-electron chi connectivity index (χ3n) is 5.15. The number of rotatable bonds is 6. The number of benzene rings is 2. The summed E-state index contributed by atoms with van der Waals surface area (Å²) in [5, 5.41) is 0.502. The Morgan fingerprint density at radius 1 is 1.07 bits per heavy atom.